The molecule has 0 bridgehead atoms. The zero-order valence-corrected chi connectivity index (χ0v) is 25.0. The maximum atomic E-state index is 2.44. The molecule has 0 nitrogen and oxygen atoms in total. The van der Waals surface area contributed by atoms with Gasteiger partial charge in [0, 0.05) is 0 Å². The van der Waals surface area contributed by atoms with Crippen molar-refractivity contribution in [3.63, 3.8) is 0 Å². The Morgan fingerprint density at radius 2 is 0.675 bits per heavy atom. The minimum Gasteiger partial charge on any atom is -0.0651 e. The highest BCUT2D eigenvalue weighted by Crippen LogP contribution is 2.44. The molecular formula is C39H39P. The second-order valence-corrected chi connectivity index (χ2v) is 13.0. The van der Waals surface area contributed by atoms with Crippen molar-refractivity contribution in [2.75, 3.05) is 0 Å². The summed E-state index contributed by atoms with van der Waals surface area (Å²) < 4.78 is 0. The van der Waals surface area contributed by atoms with Crippen LogP contribution in [0.3, 0.4) is 0 Å². The van der Waals surface area contributed by atoms with E-state index in [9.17, 15) is 0 Å². The molecule has 0 aliphatic rings. The second kappa shape index (κ2) is 12.0. The molecule has 0 fully saturated rings. The fourth-order valence-corrected chi connectivity index (χ4v) is 9.87. The van der Waals surface area contributed by atoms with Crippen LogP contribution in [-0.2, 0) is 19.3 Å². The van der Waals surface area contributed by atoms with Crippen molar-refractivity contribution in [2.24, 2.45) is 0 Å². The van der Waals surface area contributed by atoms with Gasteiger partial charge in [-0.2, -0.15) is 0 Å². The summed E-state index contributed by atoms with van der Waals surface area (Å²) in [6, 6.07) is 41.7. The van der Waals surface area contributed by atoms with Crippen molar-refractivity contribution >= 4 is 56.2 Å². The van der Waals surface area contributed by atoms with Crippen molar-refractivity contribution in [2.45, 2.75) is 59.3 Å². The minimum absolute atomic E-state index is 0.842. The van der Waals surface area contributed by atoms with E-state index in [0.29, 0.717) is 0 Å². The van der Waals surface area contributed by atoms with Crippen molar-refractivity contribution in [1.82, 2.24) is 0 Å². The van der Waals surface area contributed by atoms with Crippen LogP contribution in [0.15, 0.2) is 109 Å². The van der Waals surface area contributed by atoms with E-state index >= 15 is 0 Å². The summed E-state index contributed by atoms with van der Waals surface area (Å²) in [4.78, 5) is 0. The average Bonchev–Trinajstić information content (AvgIpc) is 2.99. The first-order chi connectivity index (χ1) is 19.7. The SMILES string of the molecule is CCCc1ccc2ccccc2c1P(c1c(CCC)ccc2ccccc12)c1c(CCC)ccc2ccccc12. The van der Waals surface area contributed by atoms with E-state index in [0.717, 1.165) is 38.5 Å². The Bertz CT molecular complexity index is 1580. The summed E-state index contributed by atoms with van der Waals surface area (Å²) in [7, 11) is -0.842. The number of benzene rings is 6. The third-order valence-electron chi connectivity index (χ3n) is 8.18. The molecule has 40 heavy (non-hydrogen) atoms. The molecule has 0 aliphatic heterocycles. The Balaban J connectivity index is 1.85. The van der Waals surface area contributed by atoms with Crippen LogP contribution in [0.5, 0.6) is 0 Å². The highest BCUT2D eigenvalue weighted by atomic mass is 31.1. The normalized spacial score (nSPS) is 11.7. The minimum atomic E-state index is -0.842. The quantitative estimate of drug-likeness (QED) is 0.161. The molecule has 0 unspecified atom stereocenters. The molecule has 6 aromatic carbocycles. The maximum Gasteiger partial charge on any atom is -0.00400 e. The van der Waals surface area contributed by atoms with Crippen LogP contribution < -0.4 is 15.9 Å². The van der Waals surface area contributed by atoms with Crippen LogP contribution in [0, 0.1) is 0 Å². The van der Waals surface area contributed by atoms with Gasteiger partial charge < -0.3 is 0 Å². The summed E-state index contributed by atoms with van der Waals surface area (Å²) in [5, 5.41) is 13.0. The Hall–Kier alpha value is -3.47. The largest absolute Gasteiger partial charge is 0.0651 e. The third-order valence-corrected chi connectivity index (χ3v) is 11.1. The van der Waals surface area contributed by atoms with Gasteiger partial charge in [0.25, 0.3) is 0 Å². The van der Waals surface area contributed by atoms with Gasteiger partial charge in [-0.3, -0.25) is 0 Å². The lowest BCUT2D eigenvalue weighted by Gasteiger charge is -2.30. The Morgan fingerprint density at radius 3 is 0.975 bits per heavy atom. The lowest BCUT2D eigenvalue weighted by molar-refractivity contribution is 0.926. The van der Waals surface area contributed by atoms with E-state index in [-0.39, 0.29) is 0 Å². The number of rotatable bonds is 9. The number of hydrogen-bond donors (Lipinski definition) is 0. The smallest absolute Gasteiger partial charge is 0.00400 e. The average molecular weight is 539 g/mol. The molecule has 0 aliphatic carbocycles. The zero-order chi connectivity index (χ0) is 27.5. The second-order valence-electron chi connectivity index (χ2n) is 11.0. The predicted molar refractivity (Wildman–Crippen MR) is 180 cm³/mol. The summed E-state index contributed by atoms with van der Waals surface area (Å²) in [5.74, 6) is 0. The van der Waals surface area contributed by atoms with E-state index in [1.165, 1.54) is 49.0 Å². The first-order valence-electron chi connectivity index (χ1n) is 15.1. The topological polar surface area (TPSA) is 0 Å². The molecule has 1 heteroatoms. The van der Waals surface area contributed by atoms with Crippen LogP contribution >= 0.6 is 7.92 Å². The van der Waals surface area contributed by atoms with Gasteiger partial charge in [0.05, 0.1) is 0 Å². The molecule has 0 radical (unpaired) electrons. The highest BCUT2D eigenvalue weighted by Gasteiger charge is 2.29. The molecule has 0 heterocycles. The predicted octanol–water partition coefficient (Wildman–Crippen LogP) is 9.76. The number of hydrogen-bond acceptors (Lipinski definition) is 0. The zero-order valence-electron chi connectivity index (χ0n) is 24.1. The van der Waals surface area contributed by atoms with Gasteiger partial charge in [-0.15, -0.1) is 0 Å². The molecule has 0 aromatic heterocycles. The van der Waals surface area contributed by atoms with Crippen molar-refractivity contribution in [1.29, 1.82) is 0 Å². The Labute approximate surface area is 240 Å². The number of fused-ring (bicyclic) bond motifs is 3. The van der Waals surface area contributed by atoms with Crippen LogP contribution in [0.4, 0.5) is 0 Å². The monoisotopic (exact) mass is 538 g/mol. The standard InChI is InChI=1S/C39H39P/c1-4-13-31-25-22-28-16-7-10-19-34(28)37(31)40(38-32(14-5-2)26-23-29-17-8-11-20-35(29)38)39-33(15-6-3)27-24-30-18-9-12-21-36(30)39/h7-12,16-27H,4-6,13-15H2,1-3H3. The lowest BCUT2D eigenvalue weighted by Crippen LogP contribution is -2.29. The molecule has 200 valence electrons. The molecule has 6 aromatic rings. The van der Waals surface area contributed by atoms with Gasteiger partial charge in [-0.05, 0) is 92.1 Å². The van der Waals surface area contributed by atoms with Gasteiger partial charge in [-0.25, -0.2) is 0 Å². The molecular weight excluding hydrogens is 499 g/mol. The molecule has 0 amide bonds. The summed E-state index contributed by atoms with van der Waals surface area (Å²) in [6.45, 7) is 6.96. The van der Waals surface area contributed by atoms with E-state index in [4.69, 9.17) is 0 Å². The van der Waals surface area contributed by atoms with Crippen molar-refractivity contribution in [3.05, 3.63) is 126 Å². The van der Waals surface area contributed by atoms with Gasteiger partial charge in [-0.1, -0.05) is 149 Å². The van der Waals surface area contributed by atoms with E-state index in [2.05, 4.69) is 130 Å². The summed E-state index contributed by atoms with van der Waals surface area (Å²) in [5.41, 5.74) is 4.54. The van der Waals surface area contributed by atoms with Crippen LogP contribution in [0.25, 0.3) is 32.3 Å². The van der Waals surface area contributed by atoms with E-state index in [1.54, 1.807) is 15.9 Å². The molecule has 0 saturated carbocycles. The summed E-state index contributed by atoms with van der Waals surface area (Å²) in [6.07, 6.45) is 6.72. The molecule has 0 N–H and O–H groups in total. The Morgan fingerprint density at radius 1 is 0.375 bits per heavy atom. The van der Waals surface area contributed by atoms with E-state index < -0.39 is 7.92 Å². The number of aryl methyl sites for hydroxylation is 3. The fraction of sp³-hybridized carbons (Fsp3) is 0.231. The first-order valence-corrected chi connectivity index (χ1v) is 16.4. The van der Waals surface area contributed by atoms with Gasteiger partial charge in [0.1, 0.15) is 0 Å². The maximum absolute atomic E-state index is 2.44. The molecule has 6 rings (SSSR count). The van der Waals surface area contributed by atoms with Crippen molar-refractivity contribution < 1.29 is 0 Å². The van der Waals surface area contributed by atoms with Crippen LogP contribution in [-0.4, -0.2) is 0 Å². The van der Waals surface area contributed by atoms with Gasteiger partial charge in [0.2, 0.25) is 0 Å². The first kappa shape index (κ1) is 26.7. The lowest BCUT2D eigenvalue weighted by atomic mass is 10.0. The third kappa shape index (κ3) is 4.84. The van der Waals surface area contributed by atoms with Crippen molar-refractivity contribution in [3.8, 4) is 0 Å². The van der Waals surface area contributed by atoms with Gasteiger partial charge in [0.15, 0.2) is 0 Å². The molecule has 0 atom stereocenters. The Kier molecular flexibility index (Phi) is 7.99. The van der Waals surface area contributed by atoms with Gasteiger partial charge >= 0.3 is 0 Å². The summed E-state index contributed by atoms with van der Waals surface area (Å²) >= 11 is 0. The highest BCUT2D eigenvalue weighted by molar-refractivity contribution is 7.81. The fourth-order valence-electron chi connectivity index (χ4n) is 6.44. The molecule has 0 spiro atoms. The van der Waals surface area contributed by atoms with E-state index in [1.807, 2.05) is 0 Å². The van der Waals surface area contributed by atoms with Crippen LogP contribution in [0.2, 0.25) is 0 Å². The van der Waals surface area contributed by atoms with Crippen LogP contribution in [0.1, 0.15) is 56.7 Å². The molecule has 0 saturated heterocycles.